The molecule has 2 fully saturated rings. The van der Waals surface area contributed by atoms with Crippen LogP contribution in [-0.4, -0.2) is 23.9 Å². The highest BCUT2D eigenvalue weighted by Crippen LogP contribution is 2.34. The Hall–Kier alpha value is -0.480. The Morgan fingerprint density at radius 2 is 1.79 bits per heavy atom. The van der Waals surface area contributed by atoms with Crippen LogP contribution in [0, 0.1) is 11.8 Å². The SMILES string of the molecule is O=C(c1ccc(Br)cc1S)N(CC1CC1)CC1CC1. The molecule has 0 heterocycles. The Kier molecular flexibility index (Phi) is 3.90. The fraction of sp³-hybridized carbons (Fsp3) is 0.533. The number of hydrogen-bond donors (Lipinski definition) is 1. The molecule has 0 spiro atoms. The maximum Gasteiger partial charge on any atom is 0.254 e. The standard InChI is InChI=1S/C15H18BrNOS/c16-12-5-6-13(14(19)7-12)15(18)17(8-10-1-2-10)9-11-3-4-11/h5-7,10-11,19H,1-4,8-9H2. The third-order valence-corrected chi connectivity index (χ3v) is 4.69. The van der Waals surface area contributed by atoms with Crippen molar-refractivity contribution in [3.05, 3.63) is 28.2 Å². The predicted molar refractivity (Wildman–Crippen MR) is 82.7 cm³/mol. The van der Waals surface area contributed by atoms with Crippen molar-refractivity contribution in [2.75, 3.05) is 13.1 Å². The summed E-state index contributed by atoms with van der Waals surface area (Å²) in [5, 5.41) is 0. The number of benzene rings is 1. The molecule has 0 saturated heterocycles. The van der Waals surface area contributed by atoms with Crippen LogP contribution >= 0.6 is 28.6 Å². The van der Waals surface area contributed by atoms with Crippen molar-refractivity contribution in [2.45, 2.75) is 30.6 Å². The molecule has 2 aliphatic carbocycles. The molecule has 0 bridgehead atoms. The van der Waals surface area contributed by atoms with E-state index >= 15 is 0 Å². The lowest BCUT2D eigenvalue weighted by Crippen LogP contribution is -2.35. The smallest absolute Gasteiger partial charge is 0.254 e. The van der Waals surface area contributed by atoms with E-state index in [0.717, 1.165) is 39.9 Å². The van der Waals surface area contributed by atoms with Crippen molar-refractivity contribution in [3.8, 4) is 0 Å². The number of rotatable bonds is 5. The van der Waals surface area contributed by atoms with E-state index in [0.29, 0.717) is 0 Å². The Bertz CT molecular complexity index is 483. The molecule has 2 nitrogen and oxygen atoms in total. The van der Waals surface area contributed by atoms with Gasteiger partial charge in [0.15, 0.2) is 0 Å². The number of nitrogens with zero attached hydrogens (tertiary/aromatic N) is 1. The summed E-state index contributed by atoms with van der Waals surface area (Å²) in [6, 6.07) is 5.68. The van der Waals surface area contributed by atoms with E-state index in [1.54, 1.807) is 0 Å². The van der Waals surface area contributed by atoms with E-state index in [-0.39, 0.29) is 5.91 Å². The van der Waals surface area contributed by atoms with Crippen LogP contribution in [0.1, 0.15) is 36.0 Å². The summed E-state index contributed by atoms with van der Waals surface area (Å²) in [6.45, 7) is 1.86. The largest absolute Gasteiger partial charge is 0.338 e. The third-order valence-electron chi connectivity index (χ3n) is 3.83. The minimum Gasteiger partial charge on any atom is -0.338 e. The van der Waals surface area contributed by atoms with Gasteiger partial charge >= 0.3 is 0 Å². The van der Waals surface area contributed by atoms with Crippen LogP contribution in [0.15, 0.2) is 27.6 Å². The van der Waals surface area contributed by atoms with Crippen LogP contribution in [0.2, 0.25) is 0 Å². The summed E-state index contributed by atoms with van der Waals surface area (Å²) in [5.41, 5.74) is 0.729. The molecule has 0 atom stereocenters. The topological polar surface area (TPSA) is 20.3 Å². The lowest BCUT2D eigenvalue weighted by atomic mass is 10.1. The van der Waals surface area contributed by atoms with Gasteiger partial charge in [0.25, 0.3) is 5.91 Å². The number of carbonyl (C=O) groups excluding carboxylic acids is 1. The van der Waals surface area contributed by atoms with Gasteiger partial charge in [0, 0.05) is 22.5 Å². The van der Waals surface area contributed by atoms with E-state index in [1.165, 1.54) is 25.7 Å². The summed E-state index contributed by atoms with van der Waals surface area (Å²) in [6.07, 6.45) is 5.12. The molecule has 0 unspecified atom stereocenters. The van der Waals surface area contributed by atoms with Gasteiger partial charge in [0.05, 0.1) is 5.56 Å². The lowest BCUT2D eigenvalue weighted by molar-refractivity contribution is 0.0736. The quantitative estimate of drug-likeness (QED) is 0.804. The highest BCUT2D eigenvalue weighted by atomic mass is 79.9. The molecule has 4 heteroatoms. The van der Waals surface area contributed by atoms with Crippen LogP contribution in [0.4, 0.5) is 0 Å². The molecule has 1 aromatic rings. The Labute approximate surface area is 128 Å². The van der Waals surface area contributed by atoms with Gasteiger partial charge in [-0.25, -0.2) is 0 Å². The normalized spacial score (nSPS) is 18.4. The van der Waals surface area contributed by atoms with E-state index < -0.39 is 0 Å². The summed E-state index contributed by atoms with van der Waals surface area (Å²) < 4.78 is 0.963. The van der Waals surface area contributed by atoms with Gasteiger partial charge in [-0.05, 0) is 55.7 Å². The fourth-order valence-electron chi connectivity index (χ4n) is 2.32. The van der Waals surface area contributed by atoms with Crippen molar-refractivity contribution in [2.24, 2.45) is 11.8 Å². The monoisotopic (exact) mass is 339 g/mol. The first-order valence-corrected chi connectivity index (χ1v) is 8.15. The summed E-state index contributed by atoms with van der Waals surface area (Å²) in [7, 11) is 0. The van der Waals surface area contributed by atoms with Crippen LogP contribution in [0.3, 0.4) is 0 Å². The zero-order valence-corrected chi connectivity index (χ0v) is 13.3. The highest BCUT2D eigenvalue weighted by molar-refractivity contribution is 9.10. The second-order valence-corrected chi connectivity index (χ2v) is 7.16. The van der Waals surface area contributed by atoms with Crippen molar-refractivity contribution in [1.82, 2.24) is 4.90 Å². The molecule has 0 N–H and O–H groups in total. The van der Waals surface area contributed by atoms with E-state index in [9.17, 15) is 4.79 Å². The molecule has 0 aromatic heterocycles. The lowest BCUT2D eigenvalue weighted by Gasteiger charge is -2.23. The number of hydrogen-bond acceptors (Lipinski definition) is 2. The first kappa shape index (κ1) is 13.5. The van der Waals surface area contributed by atoms with Crippen LogP contribution in [-0.2, 0) is 0 Å². The van der Waals surface area contributed by atoms with Crippen LogP contribution < -0.4 is 0 Å². The molecule has 1 amide bonds. The van der Waals surface area contributed by atoms with Gasteiger partial charge in [-0.15, -0.1) is 12.6 Å². The fourth-order valence-corrected chi connectivity index (χ4v) is 3.17. The zero-order valence-electron chi connectivity index (χ0n) is 10.8. The van der Waals surface area contributed by atoms with Crippen molar-refractivity contribution < 1.29 is 4.79 Å². The second-order valence-electron chi connectivity index (χ2n) is 5.76. The minimum atomic E-state index is 0.149. The maximum absolute atomic E-state index is 12.7. The van der Waals surface area contributed by atoms with Gasteiger partial charge in [-0.3, -0.25) is 4.79 Å². The predicted octanol–water partition coefficient (Wildman–Crippen LogP) is 4.00. The Morgan fingerprint density at radius 3 is 2.26 bits per heavy atom. The number of thiol groups is 1. The van der Waals surface area contributed by atoms with Crippen molar-refractivity contribution >= 4 is 34.5 Å². The van der Waals surface area contributed by atoms with Crippen molar-refractivity contribution in [3.63, 3.8) is 0 Å². The molecular weight excluding hydrogens is 322 g/mol. The molecule has 2 saturated carbocycles. The summed E-state index contributed by atoms with van der Waals surface area (Å²) in [5.74, 6) is 1.62. The number of carbonyl (C=O) groups is 1. The molecule has 2 aliphatic rings. The first-order valence-electron chi connectivity index (χ1n) is 6.91. The van der Waals surface area contributed by atoms with Gasteiger partial charge in [0.2, 0.25) is 0 Å². The van der Waals surface area contributed by atoms with Gasteiger partial charge in [0.1, 0.15) is 0 Å². The highest BCUT2D eigenvalue weighted by Gasteiger charge is 2.32. The minimum absolute atomic E-state index is 0.149. The number of amides is 1. The van der Waals surface area contributed by atoms with Gasteiger partial charge in [-0.1, -0.05) is 15.9 Å². The van der Waals surface area contributed by atoms with E-state index in [1.807, 2.05) is 18.2 Å². The van der Waals surface area contributed by atoms with E-state index in [2.05, 4.69) is 33.5 Å². The average molecular weight is 340 g/mol. The van der Waals surface area contributed by atoms with E-state index in [4.69, 9.17) is 0 Å². The van der Waals surface area contributed by atoms with Crippen LogP contribution in [0.25, 0.3) is 0 Å². The van der Waals surface area contributed by atoms with Gasteiger partial charge < -0.3 is 4.90 Å². The molecule has 102 valence electrons. The zero-order chi connectivity index (χ0) is 13.4. The molecule has 0 radical (unpaired) electrons. The summed E-state index contributed by atoms with van der Waals surface area (Å²) in [4.78, 5) is 15.5. The third kappa shape index (κ3) is 3.54. The number of halogens is 1. The first-order chi connectivity index (χ1) is 9.13. The Morgan fingerprint density at radius 1 is 1.21 bits per heavy atom. The van der Waals surface area contributed by atoms with Gasteiger partial charge in [-0.2, -0.15) is 0 Å². The molecule has 3 rings (SSSR count). The Balaban J connectivity index is 1.76. The average Bonchev–Trinajstić information content (AvgIpc) is 3.22. The summed E-state index contributed by atoms with van der Waals surface area (Å²) >= 11 is 7.85. The molecule has 19 heavy (non-hydrogen) atoms. The van der Waals surface area contributed by atoms with Crippen molar-refractivity contribution in [1.29, 1.82) is 0 Å². The molecule has 0 aliphatic heterocycles. The van der Waals surface area contributed by atoms with Crippen LogP contribution in [0.5, 0.6) is 0 Å². The second kappa shape index (κ2) is 5.49. The maximum atomic E-state index is 12.7. The molecular formula is C15H18BrNOS. The molecule has 1 aromatic carbocycles.